The molecule has 2 rings (SSSR count). The van der Waals surface area contributed by atoms with Gasteiger partial charge in [0, 0.05) is 36.2 Å². The van der Waals surface area contributed by atoms with E-state index < -0.39 is 0 Å². The number of piperazine rings is 1. The molecule has 1 aromatic carbocycles. The van der Waals surface area contributed by atoms with Gasteiger partial charge in [0.1, 0.15) is 5.75 Å². The number of rotatable bonds is 4. The van der Waals surface area contributed by atoms with Crippen LogP contribution in [0.1, 0.15) is 20.3 Å². The van der Waals surface area contributed by atoms with Crippen molar-refractivity contribution in [3.05, 3.63) is 22.7 Å². The molecule has 106 valence electrons. The molecular formula is C15H23BrN2O. The maximum Gasteiger partial charge on any atom is 0.121 e. The number of nitrogens with one attached hydrogen (secondary N) is 1. The van der Waals surface area contributed by atoms with E-state index in [0.29, 0.717) is 12.0 Å². The van der Waals surface area contributed by atoms with Crippen molar-refractivity contribution in [3.63, 3.8) is 0 Å². The van der Waals surface area contributed by atoms with Gasteiger partial charge in [-0.15, -0.1) is 0 Å². The summed E-state index contributed by atoms with van der Waals surface area (Å²) in [7, 11) is 1.72. The first-order chi connectivity index (χ1) is 9.15. The van der Waals surface area contributed by atoms with E-state index in [9.17, 15) is 0 Å². The highest BCUT2D eigenvalue weighted by atomic mass is 79.9. The monoisotopic (exact) mass is 326 g/mol. The van der Waals surface area contributed by atoms with Crippen LogP contribution in [-0.4, -0.2) is 32.8 Å². The van der Waals surface area contributed by atoms with Crippen molar-refractivity contribution in [2.45, 2.75) is 26.3 Å². The van der Waals surface area contributed by atoms with Crippen LogP contribution in [0.2, 0.25) is 0 Å². The molecule has 0 saturated carbocycles. The molecule has 0 bridgehead atoms. The standard InChI is InChI=1S/C15H23BrN2O/c1-4-11(2)14-10-18(8-7-17-14)15-9-12(19-3)5-6-13(15)16/h5-6,9,11,14,17H,4,7-8,10H2,1-3H3. The molecule has 0 radical (unpaired) electrons. The number of nitrogens with zero attached hydrogens (tertiary/aromatic N) is 1. The fourth-order valence-corrected chi connectivity index (χ4v) is 3.02. The quantitative estimate of drug-likeness (QED) is 0.918. The zero-order valence-electron chi connectivity index (χ0n) is 11.9. The van der Waals surface area contributed by atoms with Crippen molar-refractivity contribution in [2.75, 3.05) is 31.6 Å². The number of methoxy groups -OCH3 is 1. The number of halogens is 1. The fraction of sp³-hybridized carbons (Fsp3) is 0.600. The molecule has 1 N–H and O–H groups in total. The maximum absolute atomic E-state index is 5.33. The summed E-state index contributed by atoms with van der Waals surface area (Å²) >= 11 is 3.65. The highest BCUT2D eigenvalue weighted by Gasteiger charge is 2.24. The summed E-state index contributed by atoms with van der Waals surface area (Å²) in [6.45, 7) is 7.71. The number of hydrogen-bond donors (Lipinski definition) is 1. The van der Waals surface area contributed by atoms with Crippen LogP contribution in [0.3, 0.4) is 0 Å². The van der Waals surface area contributed by atoms with Crippen LogP contribution in [0.25, 0.3) is 0 Å². The van der Waals surface area contributed by atoms with Gasteiger partial charge < -0.3 is 15.0 Å². The molecule has 2 unspecified atom stereocenters. The molecule has 1 saturated heterocycles. The van der Waals surface area contributed by atoms with Crippen LogP contribution in [0.15, 0.2) is 22.7 Å². The Morgan fingerprint density at radius 3 is 3.00 bits per heavy atom. The van der Waals surface area contributed by atoms with Crippen LogP contribution in [0.4, 0.5) is 5.69 Å². The van der Waals surface area contributed by atoms with Crippen molar-refractivity contribution in [1.29, 1.82) is 0 Å². The van der Waals surface area contributed by atoms with Gasteiger partial charge in [0.15, 0.2) is 0 Å². The SMILES string of the molecule is CCC(C)C1CN(c2cc(OC)ccc2Br)CCN1. The molecule has 0 spiro atoms. The second-order valence-corrected chi connectivity index (χ2v) is 6.06. The van der Waals surface area contributed by atoms with E-state index in [1.807, 2.05) is 6.07 Å². The first kappa shape index (κ1) is 14.7. The van der Waals surface area contributed by atoms with Crippen LogP contribution < -0.4 is 15.0 Å². The summed E-state index contributed by atoms with van der Waals surface area (Å²) in [4.78, 5) is 2.44. The lowest BCUT2D eigenvalue weighted by molar-refractivity contribution is 0.341. The molecular weight excluding hydrogens is 304 g/mol. The zero-order valence-corrected chi connectivity index (χ0v) is 13.5. The van der Waals surface area contributed by atoms with E-state index in [1.165, 1.54) is 12.1 Å². The minimum Gasteiger partial charge on any atom is -0.497 e. The molecule has 4 heteroatoms. The molecule has 2 atom stereocenters. The Kier molecular flexibility index (Phi) is 5.11. The highest BCUT2D eigenvalue weighted by molar-refractivity contribution is 9.10. The molecule has 0 aromatic heterocycles. The van der Waals surface area contributed by atoms with Crippen molar-refractivity contribution < 1.29 is 4.74 Å². The van der Waals surface area contributed by atoms with E-state index in [2.05, 4.69) is 52.1 Å². The van der Waals surface area contributed by atoms with Crippen molar-refractivity contribution in [2.24, 2.45) is 5.92 Å². The van der Waals surface area contributed by atoms with E-state index in [-0.39, 0.29) is 0 Å². The van der Waals surface area contributed by atoms with Gasteiger partial charge >= 0.3 is 0 Å². The Labute approximate surface area is 124 Å². The predicted molar refractivity (Wildman–Crippen MR) is 84.2 cm³/mol. The Morgan fingerprint density at radius 1 is 1.53 bits per heavy atom. The second-order valence-electron chi connectivity index (χ2n) is 5.21. The summed E-state index contributed by atoms with van der Waals surface area (Å²) in [5, 5.41) is 3.63. The van der Waals surface area contributed by atoms with Crippen LogP contribution in [-0.2, 0) is 0 Å². The minimum absolute atomic E-state index is 0.567. The molecule has 0 aliphatic carbocycles. The van der Waals surface area contributed by atoms with Crippen LogP contribution in [0.5, 0.6) is 5.75 Å². The number of anilines is 1. The molecule has 3 nitrogen and oxygen atoms in total. The van der Waals surface area contributed by atoms with Gasteiger partial charge in [-0.1, -0.05) is 20.3 Å². The smallest absolute Gasteiger partial charge is 0.121 e. The third-order valence-corrected chi connectivity index (χ3v) is 4.70. The Hall–Kier alpha value is -0.740. The predicted octanol–water partition coefficient (Wildman–Crippen LogP) is 3.28. The molecule has 1 aliphatic rings. The molecule has 1 fully saturated rings. The highest BCUT2D eigenvalue weighted by Crippen LogP contribution is 2.31. The van der Waals surface area contributed by atoms with E-state index in [1.54, 1.807) is 7.11 Å². The van der Waals surface area contributed by atoms with Crippen molar-refractivity contribution in [3.8, 4) is 5.75 Å². The first-order valence-corrected chi connectivity index (χ1v) is 7.76. The maximum atomic E-state index is 5.33. The van der Waals surface area contributed by atoms with Gasteiger partial charge in [-0.25, -0.2) is 0 Å². The molecule has 1 heterocycles. The first-order valence-electron chi connectivity index (χ1n) is 6.97. The zero-order chi connectivity index (χ0) is 13.8. The second kappa shape index (κ2) is 6.62. The van der Waals surface area contributed by atoms with Crippen LogP contribution >= 0.6 is 15.9 Å². The Morgan fingerprint density at radius 2 is 2.32 bits per heavy atom. The normalized spacial score (nSPS) is 21.3. The third-order valence-electron chi connectivity index (χ3n) is 4.03. The number of ether oxygens (including phenoxy) is 1. The Bertz CT molecular complexity index is 425. The van der Waals surface area contributed by atoms with E-state index in [0.717, 1.165) is 29.9 Å². The van der Waals surface area contributed by atoms with E-state index in [4.69, 9.17) is 4.74 Å². The number of hydrogen-bond acceptors (Lipinski definition) is 3. The summed E-state index contributed by atoms with van der Waals surface area (Å²) in [6.07, 6.45) is 1.21. The van der Waals surface area contributed by atoms with Gasteiger partial charge in [-0.3, -0.25) is 0 Å². The van der Waals surface area contributed by atoms with Crippen LogP contribution in [0, 0.1) is 5.92 Å². The molecule has 1 aromatic rings. The van der Waals surface area contributed by atoms with E-state index >= 15 is 0 Å². The van der Waals surface area contributed by atoms with Crippen molar-refractivity contribution in [1.82, 2.24) is 5.32 Å². The van der Waals surface area contributed by atoms with Gasteiger partial charge in [-0.05, 0) is 34.0 Å². The molecule has 1 aliphatic heterocycles. The van der Waals surface area contributed by atoms with Gasteiger partial charge in [-0.2, -0.15) is 0 Å². The lowest BCUT2D eigenvalue weighted by Gasteiger charge is -2.38. The van der Waals surface area contributed by atoms with Gasteiger partial charge in [0.25, 0.3) is 0 Å². The largest absolute Gasteiger partial charge is 0.497 e. The fourth-order valence-electron chi connectivity index (χ4n) is 2.52. The number of benzene rings is 1. The van der Waals surface area contributed by atoms with Gasteiger partial charge in [0.2, 0.25) is 0 Å². The van der Waals surface area contributed by atoms with Gasteiger partial charge in [0.05, 0.1) is 12.8 Å². The summed E-state index contributed by atoms with van der Waals surface area (Å²) in [6, 6.07) is 6.73. The summed E-state index contributed by atoms with van der Waals surface area (Å²) < 4.78 is 6.47. The lowest BCUT2D eigenvalue weighted by Crippen LogP contribution is -2.53. The molecule has 0 amide bonds. The average Bonchev–Trinajstić information content (AvgIpc) is 2.47. The summed E-state index contributed by atoms with van der Waals surface area (Å²) in [5.41, 5.74) is 1.23. The third kappa shape index (κ3) is 3.42. The topological polar surface area (TPSA) is 24.5 Å². The van der Waals surface area contributed by atoms with Crippen molar-refractivity contribution >= 4 is 21.6 Å². The molecule has 19 heavy (non-hydrogen) atoms. The lowest BCUT2D eigenvalue weighted by atomic mass is 9.97. The summed E-state index contributed by atoms with van der Waals surface area (Å²) in [5.74, 6) is 1.61. The minimum atomic E-state index is 0.567. The average molecular weight is 327 g/mol. The Balaban J connectivity index is 2.16.